The molecule has 1 saturated carbocycles. The molecule has 0 bridgehead atoms. The van der Waals surface area contributed by atoms with Gasteiger partial charge >= 0.3 is 0 Å². The molecule has 0 radical (unpaired) electrons. The molecule has 1 aromatic carbocycles. The number of hydrogen-bond donors (Lipinski definition) is 0. The van der Waals surface area contributed by atoms with Crippen LogP contribution in [0.15, 0.2) is 22.7 Å². The lowest BCUT2D eigenvalue weighted by Crippen LogP contribution is -2.23. The fraction of sp³-hybridized carbons (Fsp3) is 0.538. The van der Waals surface area contributed by atoms with Gasteiger partial charge in [0.05, 0.1) is 0 Å². The highest BCUT2D eigenvalue weighted by Crippen LogP contribution is 2.45. The van der Waals surface area contributed by atoms with Gasteiger partial charge in [-0.3, -0.25) is 0 Å². The van der Waals surface area contributed by atoms with Crippen molar-refractivity contribution in [3.05, 3.63) is 33.8 Å². The Morgan fingerprint density at radius 3 is 2.71 bits per heavy atom. The SMILES string of the molecule is CCC1CCC1c1cc(Br)ccc1C. The molecule has 0 aliphatic heterocycles. The Morgan fingerprint density at radius 1 is 1.36 bits per heavy atom. The summed E-state index contributed by atoms with van der Waals surface area (Å²) in [4.78, 5) is 0. The molecule has 2 rings (SSSR count). The van der Waals surface area contributed by atoms with E-state index in [4.69, 9.17) is 0 Å². The van der Waals surface area contributed by atoms with Crippen molar-refractivity contribution in [3.63, 3.8) is 0 Å². The topological polar surface area (TPSA) is 0 Å². The fourth-order valence-corrected chi connectivity index (χ4v) is 2.86. The molecule has 2 atom stereocenters. The minimum Gasteiger partial charge on any atom is -0.0651 e. The van der Waals surface area contributed by atoms with Crippen LogP contribution in [0.3, 0.4) is 0 Å². The Balaban J connectivity index is 2.27. The summed E-state index contributed by atoms with van der Waals surface area (Å²) in [7, 11) is 0. The molecule has 1 aliphatic rings. The number of halogens is 1. The van der Waals surface area contributed by atoms with Crippen LogP contribution < -0.4 is 0 Å². The van der Waals surface area contributed by atoms with Crippen LogP contribution in [0.1, 0.15) is 43.2 Å². The van der Waals surface area contributed by atoms with Crippen LogP contribution in [-0.2, 0) is 0 Å². The molecule has 0 saturated heterocycles. The third-order valence-electron chi connectivity index (χ3n) is 3.58. The van der Waals surface area contributed by atoms with Gasteiger partial charge in [0.15, 0.2) is 0 Å². The van der Waals surface area contributed by atoms with Gasteiger partial charge in [0.2, 0.25) is 0 Å². The van der Waals surface area contributed by atoms with Crippen LogP contribution >= 0.6 is 15.9 Å². The van der Waals surface area contributed by atoms with Gasteiger partial charge in [-0.05, 0) is 54.9 Å². The van der Waals surface area contributed by atoms with Gasteiger partial charge in [-0.25, -0.2) is 0 Å². The summed E-state index contributed by atoms with van der Waals surface area (Å²) in [6.45, 7) is 4.54. The predicted molar refractivity (Wildman–Crippen MR) is 64.6 cm³/mol. The summed E-state index contributed by atoms with van der Waals surface area (Å²) in [5, 5.41) is 0. The van der Waals surface area contributed by atoms with Crippen LogP contribution in [0.4, 0.5) is 0 Å². The first-order valence-electron chi connectivity index (χ1n) is 5.48. The average molecular weight is 253 g/mol. The van der Waals surface area contributed by atoms with Crippen LogP contribution in [0.25, 0.3) is 0 Å². The van der Waals surface area contributed by atoms with Crippen molar-refractivity contribution >= 4 is 15.9 Å². The van der Waals surface area contributed by atoms with Crippen molar-refractivity contribution in [2.24, 2.45) is 5.92 Å². The third-order valence-corrected chi connectivity index (χ3v) is 4.08. The highest BCUT2D eigenvalue weighted by atomic mass is 79.9. The van der Waals surface area contributed by atoms with E-state index in [2.05, 4.69) is 48.0 Å². The van der Waals surface area contributed by atoms with E-state index in [1.807, 2.05) is 0 Å². The van der Waals surface area contributed by atoms with Crippen molar-refractivity contribution in [3.8, 4) is 0 Å². The first-order chi connectivity index (χ1) is 6.72. The number of hydrogen-bond acceptors (Lipinski definition) is 0. The molecule has 14 heavy (non-hydrogen) atoms. The van der Waals surface area contributed by atoms with E-state index in [9.17, 15) is 0 Å². The van der Waals surface area contributed by atoms with Gasteiger partial charge in [-0.1, -0.05) is 35.3 Å². The molecule has 2 unspecified atom stereocenters. The van der Waals surface area contributed by atoms with Crippen molar-refractivity contribution < 1.29 is 0 Å². The van der Waals surface area contributed by atoms with E-state index in [-0.39, 0.29) is 0 Å². The molecule has 0 heterocycles. The lowest BCUT2D eigenvalue weighted by molar-refractivity contribution is 0.246. The summed E-state index contributed by atoms with van der Waals surface area (Å²) in [5.41, 5.74) is 3.02. The molecule has 1 fully saturated rings. The van der Waals surface area contributed by atoms with E-state index in [0.717, 1.165) is 11.8 Å². The molecular weight excluding hydrogens is 236 g/mol. The number of rotatable bonds is 2. The van der Waals surface area contributed by atoms with Gasteiger partial charge in [0.1, 0.15) is 0 Å². The summed E-state index contributed by atoms with van der Waals surface area (Å²) in [5.74, 6) is 1.76. The lowest BCUT2D eigenvalue weighted by atomic mass is 9.68. The quantitative estimate of drug-likeness (QED) is 0.719. The van der Waals surface area contributed by atoms with Crippen molar-refractivity contribution in [1.82, 2.24) is 0 Å². The Bertz CT molecular complexity index is 328. The second-order valence-corrected chi connectivity index (χ2v) is 5.27. The first-order valence-corrected chi connectivity index (χ1v) is 6.27. The third kappa shape index (κ3) is 1.75. The molecular formula is C13H17Br. The van der Waals surface area contributed by atoms with E-state index < -0.39 is 0 Å². The highest BCUT2D eigenvalue weighted by Gasteiger charge is 2.31. The van der Waals surface area contributed by atoms with Gasteiger partial charge in [0.25, 0.3) is 0 Å². The molecule has 76 valence electrons. The Kier molecular flexibility index (Phi) is 2.96. The zero-order valence-electron chi connectivity index (χ0n) is 8.89. The van der Waals surface area contributed by atoms with Crippen LogP contribution in [0, 0.1) is 12.8 Å². The van der Waals surface area contributed by atoms with Gasteiger partial charge < -0.3 is 0 Å². The summed E-state index contributed by atoms with van der Waals surface area (Å²) in [6.07, 6.45) is 4.14. The summed E-state index contributed by atoms with van der Waals surface area (Å²) < 4.78 is 1.22. The molecule has 1 aromatic rings. The molecule has 0 nitrogen and oxygen atoms in total. The molecule has 0 aromatic heterocycles. The van der Waals surface area contributed by atoms with Crippen molar-refractivity contribution in [2.45, 2.75) is 39.0 Å². The minimum atomic E-state index is 0.831. The lowest BCUT2D eigenvalue weighted by Gasteiger charge is -2.37. The average Bonchev–Trinajstić information content (AvgIpc) is 2.10. The maximum absolute atomic E-state index is 3.56. The monoisotopic (exact) mass is 252 g/mol. The second-order valence-electron chi connectivity index (χ2n) is 4.35. The maximum atomic E-state index is 3.56. The number of aryl methyl sites for hydroxylation is 1. The Labute approximate surface area is 94.8 Å². The van der Waals surface area contributed by atoms with Crippen LogP contribution in [0.5, 0.6) is 0 Å². The Hall–Kier alpha value is -0.300. The van der Waals surface area contributed by atoms with Gasteiger partial charge in [-0.2, -0.15) is 0 Å². The highest BCUT2D eigenvalue weighted by molar-refractivity contribution is 9.10. The minimum absolute atomic E-state index is 0.831. The molecule has 0 spiro atoms. The van der Waals surface area contributed by atoms with Crippen molar-refractivity contribution in [1.29, 1.82) is 0 Å². The normalized spacial score (nSPS) is 25.9. The molecule has 0 amide bonds. The van der Waals surface area contributed by atoms with Crippen LogP contribution in [-0.4, -0.2) is 0 Å². The van der Waals surface area contributed by atoms with E-state index >= 15 is 0 Å². The first kappa shape index (κ1) is 10.2. The molecule has 1 heteroatoms. The summed E-state index contributed by atoms with van der Waals surface area (Å²) >= 11 is 3.56. The van der Waals surface area contributed by atoms with E-state index in [1.165, 1.54) is 29.3 Å². The fourth-order valence-electron chi connectivity index (χ4n) is 2.48. The second kappa shape index (κ2) is 4.06. The Morgan fingerprint density at radius 2 is 2.14 bits per heavy atom. The standard InChI is InChI=1S/C13H17Br/c1-3-10-5-7-12(10)13-8-11(14)6-4-9(13)2/h4,6,8,10,12H,3,5,7H2,1-2H3. The number of benzene rings is 1. The van der Waals surface area contributed by atoms with E-state index in [1.54, 1.807) is 5.56 Å². The van der Waals surface area contributed by atoms with Crippen molar-refractivity contribution in [2.75, 3.05) is 0 Å². The zero-order chi connectivity index (χ0) is 10.1. The largest absolute Gasteiger partial charge is 0.0651 e. The van der Waals surface area contributed by atoms with Gasteiger partial charge in [0, 0.05) is 4.47 Å². The van der Waals surface area contributed by atoms with Crippen LogP contribution in [0.2, 0.25) is 0 Å². The molecule has 0 N–H and O–H groups in total. The van der Waals surface area contributed by atoms with E-state index in [0.29, 0.717) is 0 Å². The zero-order valence-corrected chi connectivity index (χ0v) is 10.5. The molecule has 1 aliphatic carbocycles. The maximum Gasteiger partial charge on any atom is 0.0178 e. The predicted octanol–water partition coefficient (Wildman–Crippen LogP) is 4.66. The smallest absolute Gasteiger partial charge is 0.0178 e. The summed E-state index contributed by atoms with van der Waals surface area (Å²) in [6, 6.07) is 6.67. The van der Waals surface area contributed by atoms with Gasteiger partial charge in [-0.15, -0.1) is 0 Å².